The Hall–Kier alpha value is -2.87. The van der Waals surface area contributed by atoms with Crippen LogP contribution < -0.4 is 9.62 Å². The van der Waals surface area contributed by atoms with Crippen LogP contribution in [0.3, 0.4) is 0 Å². The fraction of sp³-hybridized carbons (Fsp3) is 0.417. The van der Waals surface area contributed by atoms with Crippen LogP contribution in [0.5, 0.6) is 0 Å². The van der Waals surface area contributed by atoms with E-state index in [0.29, 0.717) is 25.1 Å². The average Bonchev–Trinajstić information content (AvgIpc) is 2.77. The highest BCUT2D eigenvalue weighted by molar-refractivity contribution is 7.92. The van der Waals surface area contributed by atoms with Gasteiger partial charge in [0, 0.05) is 26.6 Å². The first-order valence-corrected chi connectivity index (χ1v) is 12.6. The number of para-hydroxylation sites is 1. The van der Waals surface area contributed by atoms with Gasteiger partial charge in [-0.3, -0.25) is 13.9 Å². The second kappa shape index (κ2) is 11.7. The van der Waals surface area contributed by atoms with Gasteiger partial charge < -0.3 is 10.2 Å². The van der Waals surface area contributed by atoms with E-state index in [-0.39, 0.29) is 24.8 Å². The lowest BCUT2D eigenvalue weighted by Crippen LogP contribution is -2.48. The van der Waals surface area contributed by atoms with E-state index in [1.54, 1.807) is 36.2 Å². The molecule has 8 heteroatoms. The number of benzene rings is 2. The molecule has 2 rings (SSSR count). The second-order valence-corrected chi connectivity index (χ2v) is 9.73. The van der Waals surface area contributed by atoms with Gasteiger partial charge in [-0.1, -0.05) is 55.0 Å². The van der Waals surface area contributed by atoms with E-state index in [0.717, 1.165) is 17.4 Å². The smallest absolute Gasteiger partial charge is 0.242 e. The van der Waals surface area contributed by atoms with Crippen molar-refractivity contribution in [3.8, 4) is 0 Å². The molecule has 0 radical (unpaired) electrons. The molecule has 2 amide bonds. The van der Waals surface area contributed by atoms with Crippen LogP contribution in [0.2, 0.25) is 0 Å². The van der Waals surface area contributed by atoms with Crippen molar-refractivity contribution in [2.75, 3.05) is 24.2 Å². The monoisotopic (exact) mass is 459 g/mol. The number of hydrogen-bond donors (Lipinski definition) is 1. The van der Waals surface area contributed by atoms with Crippen LogP contribution in [-0.4, -0.2) is 51.0 Å². The summed E-state index contributed by atoms with van der Waals surface area (Å²) in [6.45, 7) is 4.37. The van der Waals surface area contributed by atoms with Crippen LogP contribution in [0.15, 0.2) is 54.6 Å². The number of carbonyl (C=O) groups is 2. The molecule has 0 aliphatic heterocycles. The number of carbonyl (C=O) groups excluding carboxylic acids is 2. The number of sulfonamides is 1. The Bertz CT molecular complexity index is 992. The van der Waals surface area contributed by atoms with Crippen molar-refractivity contribution in [2.24, 2.45) is 0 Å². The molecule has 0 spiro atoms. The van der Waals surface area contributed by atoms with Gasteiger partial charge in [-0.25, -0.2) is 8.42 Å². The van der Waals surface area contributed by atoms with E-state index in [1.165, 1.54) is 4.31 Å². The number of anilines is 1. The molecule has 2 aromatic carbocycles. The minimum absolute atomic E-state index is 0.137. The molecule has 0 heterocycles. The Labute approximate surface area is 191 Å². The molecule has 7 nitrogen and oxygen atoms in total. The number of rotatable bonds is 11. The molecule has 1 N–H and O–H groups in total. The molecular weight excluding hydrogens is 426 g/mol. The highest BCUT2D eigenvalue weighted by Crippen LogP contribution is 2.19. The van der Waals surface area contributed by atoms with E-state index < -0.39 is 16.1 Å². The lowest BCUT2D eigenvalue weighted by Gasteiger charge is -2.30. The predicted molar refractivity (Wildman–Crippen MR) is 128 cm³/mol. The van der Waals surface area contributed by atoms with Crippen molar-refractivity contribution in [3.05, 3.63) is 65.7 Å². The molecule has 174 valence electrons. The maximum atomic E-state index is 13.2. The van der Waals surface area contributed by atoms with Crippen molar-refractivity contribution in [2.45, 2.75) is 45.7 Å². The van der Waals surface area contributed by atoms with Crippen molar-refractivity contribution >= 4 is 27.5 Å². The van der Waals surface area contributed by atoms with Gasteiger partial charge in [0.15, 0.2) is 0 Å². The molecule has 2 aromatic rings. The van der Waals surface area contributed by atoms with Crippen LogP contribution in [0.4, 0.5) is 5.69 Å². The summed E-state index contributed by atoms with van der Waals surface area (Å²) in [6, 6.07) is 16.1. The van der Waals surface area contributed by atoms with Crippen molar-refractivity contribution in [1.29, 1.82) is 0 Å². The second-order valence-electron chi connectivity index (χ2n) is 7.82. The van der Waals surface area contributed by atoms with Gasteiger partial charge in [0.05, 0.1) is 11.9 Å². The first-order chi connectivity index (χ1) is 15.2. The largest absolute Gasteiger partial charge is 0.357 e. The first-order valence-electron chi connectivity index (χ1n) is 10.8. The first kappa shape index (κ1) is 25.4. The number of amides is 2. The zero-order valence-electron chi connectivity index (χ0n) is 19.2. The molecule has 32 heavy (non-hydrogen) atoms. The third kappa shape index (κ3) is 7.09. The van der Waals surface area contributed by atoms with Gasteiger partial charge in [-0.15, -0.1) is 0 Å². The number of nitrogens with one attached hydrogen (secondary N) is 1. The summed E-state index contributed by atoms with van der Waals surface area (Å²) in [5.74, 6) is -0.391. The summed E-state index contributed by atoms with van der Waals surface area (Å²) in [6.07, 6.45) is 2.12. The predicted octanol–water partition coefficient (Wildman–Crippen LogP) is 3.09. The minimum Gasteiger partial charge on any atom is -0.357 e. The van der Waals surface area contributed by atoms with Crippen LogP contribution >= 0.6 is 0 Å². The van der Waals surface area contributed by atoms with Crippen LogP contribution in [0, 0.1) is 6.92 Å². The maximum absolute atomic E-state index is 13.2. The Kier molecular flexibility index (Phi) is 9.26. The van der Waals surface area contributed by atoms with Gasteiger partial charge in [0.25, 0.3) is 0 Å². The number of likely N-dealkylation sites (N-methyl/N-ethyl adjacent to an activating group) is 1. The van der Waals surface area contributed by atoms with Gasteiger partial charge in [0.1, 0.15) is 6.04 Å². The Morgan fingerprint density at radius 1 is 1.03 bits per heavy atom. The summed E-state index contributed by atoms with van der Waals surface area (Å²) in [5, 5.41) is 2.64. The number of aryl methyl sites for hydroxylation is 1. The third-order valence-corrected chi connectivity index (χ3v) is 6.50. The van der Waals surface area contributed by atoms with Gasteiger partial charge in [-0.05, 0) is 37.5 Å². The van der Waals surface area contributed by atoms with Gasteiger partial charge >= 0.3 is 0 Å². The maximum Gasteiger partial charge on any atom is 0.242 e. The molecule has 0 saturated heterocycles. The number of hydrogen-bond acceptors (Lipinski definition) is 4. The zero-order chi connectivity index (χ0) is 23.7. The minimum atomic E-state index is -3.48. The van der Waals surface area contributed by atoms with Crippen LogP contribution in [0.25, 0.3) is 0 Å². The summed E-state index contributed by atoms with van der Waals surface area (Å²) < 4.78 is 25.8. The quantitative estimate of drug-likeness (QED) is 0.559. The molecule has 0 fully saturated rings. The lowest BCUT2D eigenvalue weighted by molar-refractivity contribution is -0.141. The van der Waals surface area contributed by atoms with Crippen LogP contribution in [-0.2, 0) is 26.2 Å². The molecule has 0 saturated carbocycles. The van der Waals surface area contributed by atoms with Crippen molar-refractivity contribution in [1.82, 2.24) is 10.2 Å². The van der Waals surface area contributed by atoms with Crippen molar-refractivity contribution in [3.63, 3.8) is 0 Å². The summed E-state index contributed by atoms with van der Waals surface area (Å²) in [5.41, 5.74) is 2.62. The van der Waals surface area contributed by atoms with Gasteiger partial charge in [0.2, 0.25) is 21.8 Å². The van der Waals surface area contributed by atoms with Gasteiger partial charge in [-0.2, -0.15) is 0 Å². The molecule has 0 aliphatic rings. The highest BCUT2D eigenvalue weighted by Gasteiger charge is 2.28. The highest BCUT2D eigenvalue weighted by atomic mass is 32.2. The van der Waals surface area contributed by atoms with E-state index in [2.05, 4.69) is 5.32 Å². The number of nitrogens with zero attached hydrogens (tertiary/aromatic N) is 2. The fourth-order valence-corrected chi connectivity index (χ4v) is 4.54. The Morgan fingerprint density at radius 3 is 2.19 bits per heavy atom. The molecule has 1 atom stereocenters. The third-order valence-electron chi connectivity index (χ3n) is 5.30. The molecule has 1 unspecified atom stereocenters. The van der Waals surface area contributed by atoms with E-state index in [4.69, 9.17) is 0 Å². The standard InChI is InChI=1S/C24H33N3O4S/c1-5-22(24(29)25-3)26(18-20-15-13-19(2)14-16-20)23(28)12-9-17-27(32(4,30)31)21-10-7-6-8-11-21/h6-8,10-11,13-16,22H,5,9,12,17-18H2,1-4H3,(H,25,29). The lowest BCUT2D eigenvalue weighted by atomic mass is 10.1. The summed E-state index contributed by atoms with van der Waals surface area (Å²) in [7, 11) is -1.92. The zero-order valence-corrected chi connectivity index (χ0v) is 20.1. The summed E-state index contributed by atoms with van der Waals surface area (Å²) >= 11 is 0. The molecule has 0 bridgehead atoms. The van der Waals surface area contributed by atoms with Crippen LogP contribution in [0.1, 0.15) is 37.3 Å². The average molecular weight is 460 g/mol. The van der Waals surface area contributed by atoms with E-state index in [9.17, 15) is 18.0 Å². The molecule has 0 aliphatic carbocycles. The normalized spacial score (nSPS) is 12.1. The van der Waals surface area contributed by atoms with Crippen molar-refractivity contribution < 1.29 is 18.0 Å². The topological polar surface area (TPSA) is 86.8 Å². The van der Waals surface area contributed by atoms with E-state index >= 15 is 0 Å². The molecule has 0 aromatic heterocycles. The summed E-state index contributed by atoms with van der Waals surface area (Å²) in [4.78, 5) is 27.2. The Morgan fingerprint density at radius 2 is 1.66 bits per heavy atom. The van der Waals surface area contributed by atoms with E-state index in [1.807, 2.05) is 44.2 Å². The fourth-order valence-electron chi connectivity index (χ4n) is 3.57. The Balaban J connectivity index is 2.15. The molecular formula is C24H33N3O4S. The SMILES string of the molecule is CCC(C(=O)NC)N(Cc1ccc(C)cc1)C(=O)CCCN(c1ccccc1)S(C)(=O)=O.